The van der Waals surface area contributed by atoms with E-state index in [-0.39, 0.29) is 87.3 Å². The smallest absolute Gasteiger partial charge is 0.550 e. The van der Waals surface area contributed by atoms with E-state index >= 15 is 0 Å². The first kappa shape index (κ1) is 39.3. The van der Waals surface area contributed by atoms with E-state index in [0.717, 1.165) is 56.9 Å². The molecule has 1 amide bonds. The van der Waals surface area contributed by atoms with Gasteiger partial charge in [0.05, 0.1) is 12.0 Å². The van der Waals surface area contributed by atoms with Crippen LogP contribution in [0.3, 0.4) is 0 Å². The van der Waals surface area contributed by atoms with E-state index in [1.54, 1.807) is 0 Å². The summed E-state index contributed by atoms with van der Waals surface area (Å²) >= 11 is 0. The van der Waals surface area contributed by atoms with Gasteiger partial charge in [0.25, 0.3) is 5.91 Å². The molecule has 0 unspecified atom stereocenters. The molecule has 50 heavy (non-hydrogen) atoms. The first-order valence-corrected chi connectivity index (χ1v) is 18.8. The molecule has 0 aromatic heterocycles. The minimum absolute atomic E-state index is 0. The number of Topliss-reactive ketones (excluding diaryl/α,β-unsaturated/α-hetero) is 1. The van der Waals surface area contributed by atoms with Crippen molar-refractivity contribution in [3.63, 3.8) is 0 Å². The molecule has 0 spiro atoms. The van der Waals surface area contributed by atoms with Crippen molar-refractivity contribution in [2.75, 3.05) is 0 Å². The van der Waals surface area contributed by atoms with Crippen molar-refractivity contribution in [2.24, 2.45) is 50.7 Å². The number of ether oxygens (including phenoxy) is 1. The van der Waals surface area contributed by atoms with Crippen LogP contribution in [0.25, 0.3) is 0 Å². The average molecular weight is 696 g/mol. The number of carbonyl (C=O) groups excluding carboxylic acids is 4. The third-order valence-electron chi connectivity index (χ3n) is 15.2. The summed E-state index contributed by atoms with van der Waals surface area (Å²) in [6.07, 6.45) is 7.49. The number of rotatable bonds is 7. The molecule has 1 N–H and O–H groups in total. The maximum Gasteiger partial charge on any atom is 1.00 e. The first-order chi connectivity index (χ1) is 22.7. The van der Waals surface area contributed by atoms with Gasteiger partial charge in [0.1, 0.15) is 6.10 Å². The second-order valence-electron chi connectivity index (χ2n) is 18.8. The van der Waals surface area contributed by atoms with Crippen molar-refractivity contribution in [3.05, 3.63) is 47.0 Å². The summed E-state index contributed by atoms with van der Waals surface area (Å²) in [6, 6.07) is 9.38. The number of benzene rings is 1. The van der Waals surface area contributed by atoms with Crippen LogP contribution in [-0.2, 0) is 19.1 Å². The number of ketones is 1. The Morgan fingerprint density at radius 1 is 0.900 bits per heavy atom. The van der Waals surface area contributed by atoms with Crippen LogP contribution in [-0.4, -0.2) is 35.3 Å². The van der Waals surface area contributed by atoms with Crippen molar-refractivity contribution in [1.29, 1.82) is 0 Å². The fourth-order valence-electron chi connectivity index (χ4n) is 12.5. The fraction of sp³-hybridized carbons (Fsp3) is 0.714. The van der Waals surface area contributed by atoms with E-state index in [0.29, 0.717) is 23.8 Å². The molecule has 0 aliphatic heterocycles. The molecule has 5 aliphatic rings. The fourth-order valence-corrected chi connectivity index (χ4v) is 12.5. The second-order valence-corrected chi connectivity index (χ2v) is 18.8. The molecule has 0 radical (unpaired) electrons. The Morgan fingerprint density at radius 3 is 2.18 bits per heavy atom. The standard InChI is InChI=1S/C42H59NO6.Na/c1-25(2)33-28(44)23-42(43-35(46)26-13-11-10-12-14-26)22-21-40(8)27(34(33)42)15-16-30-39(7)19-18-31(49-32(45)24-37(3,4)36(47)48)38(5,6)29(39)17-20-41(30,40)9;/h10-14,25,27,29-31H,15-24H2,1-9H3,(H,43,46)(H,47,48);/q;+1/p-1/t27-,29+,30-,31+,39+,40-,41-,42-;/m1./s1. The van der Waals surface area contributed by atoms with Gasteiger partial charge in [-0.2, -0.15) is 0 Å². The predicted molar refractivity (Wildman–Crippen MR) is 187 cm³/mol. The van der Waals surface area contributed by atoms with E-state index in [1.807, 2.05) is 30.3 Å². The Morgan fingerprint density at radius 2 is 1.56 bits per heavy atom. The molecular weight excluding hydrogens is 637 g/mol. The van der Waals surface area contributed by atoms with E-state index in [9.17, 15) is 24.3 Å². The van der Waals surface area contributed by atoms with Gasteiger partial charge in [-0.1, -0.05) is 80.5 Å². The topological polar surface area (TPSA) is 113 Å². The average Bonchev–Trinajstić information content (AvgIpc) is 3.30. The van der Waals surface area contributed by atoms with Crippen molar-refractivity contribution >= 4 is 23.6 Å². The van der Waals surface area contributed by atoms with Gasteiger partial charge in [-0.25, -0.2) is 0 Å². The van der Waals surface area contributed by atoms with E-state index in [2.05, 4.69) is 53.8 Å². The van der Waals surface area contributed by atoms with Gasteiger partial charge in [0, 0.05) is 28.8 Å². The number of hydrogen-bond acceptors (Lipinski definition) is 6. The maximum absolute atomic E-state index is 13.9. The van der Waals surface area contributed by atoms with Crippen molar-refractivity contribution in [1.82, 2.24) is 5.32 Å². The number of carboxylic acid groups (broad SMARTS) is 1. The normalized spacial score (nSPS) is 37.4. The molecule has 0 heterocycles. The molecule has 8 atom stereocenters. The van der Waals surface area contributed by atoms with Crippen LogP contribution in [0.1, 0.15) is 137 Å². The van der Waals surface area contributed by atoms with Crippen molar-refractivity contribution in [3.8, 4) is 0 Å². The monoisotopic (exact) mass is 695 g/mol. The summed E-state index contributed by atoms with van der Waals surface area (Å²) in [7, 11) is 0. The Kier molecular flexibility index (Phi) is 10.3. The Bertz CT molecular complexity index is 1580. The van der Waals surface area contributed by atoms with Crippen molar-refractivity contribution < 1.29 is 58.6 Å². The molecule has 8 heteroatoms. The number of amides is 1. The Hall–Kier alpha value is -1.96. The third kappa shape index (κ3) is 5.88. The van der Waals surface area contributed by atoms with E-state index in [1.165, 1.54) is 19.4 Å². The summed E-state index contributed by atoms with van der Waals surface area (Å²) in [4.78, 5) is 52.2. The zero-order chi connectivity index (χ0) is 35.9. The largest absolute Gasteiger partial charge is 1.00 e. The van der Waals surface area contributed by atoms with Crippen LogP contribution >= 0.6 is 0 Å². The Balaban J connectivity index is 0.00000486. The molecule has 268 valence electrons. The maximum atomic E-state index is 13.9. The summed E-state index contributed by atoms with van der Waals surface area (Å²) in [5.74, 6) is -0.471. The molecule has 7 nitrogen and oxygen atoms in total. The number of nitrogens with one attached hydrogen (secondary N) is 1. The van der Waals surface area contributed by atoms with Gasteiger partial charge in [-0.05, 0) is 115 Å². The number of carboxylic acids is 1. The zero-order valence-electron chi connectivity index (χ0n) is 32.3. The molecule has 6 rings (SSSR count). The van der Waals surface area contributed by atoms with E-state index in [4.69, 9.17) is 4.74 Å². The van der Waals surface area contributed by atoms with Crippen LogP contribution in [0.2, 0.25) is 0 Å². The van der Waals surface area contributed by atoms with Gasteiger partial charge in [-0.15, -0.1) is 0 Å². The van der Waals surface area contributed by atoms with Gasteiger partial charge in [0.2, 0.25) is 0 Å². The third-order valence-corrected chi connectivity index (χ3v) is 15.2. The van der Waals surface area contributed by atoms with Crippen LogP contribution in [0.4, 0.5) is 0 Å². The minimum atomic E-state index is -1.28. The van der Waals surface area contributed by atoms with Gasteiger partial charge >= 0.3 is 35.5 Å². The molecule has 4 fully saturated rings. The number of carbonyl (C=O) groups is 4. The van der Waals surface area contributed by atoms with Crippen LogP contribution in [0, 0.1) is 50.7 Å². The SMILES string of the molecule is CC(C)C1=C2[C@H]3CC[C@@H]4[C@@]5(C)CC[C@H](OC(=O)CC(C)(C)C(=O)[O-])C(C)(C)[C@@H]5CC[C@@]4(C)[C@]3(C)CC[C@@]2(NC(=O)c2ccccc2)CC1=O.[Na+]. The molecule has 0 bridgehead atoms. The van der Waals surface area contributed by atoms with Gasteiger partial charge in [0.15, 0.2) is 5.78 Å². The number of fused-ring (bicyclic) bond motifs is 7. The van der Waals surface area contributed by atoms with Gasteiger partial charge in [-0.3, -0.25) is 14.4 Å². The summed E-state index contributed by atoms with van der Waals surface area (Å²) in [5.41, 5.74) is 0.698. The predicted octanol–water partition coefficient (Wildman–Crippen LogP) is 4.23. The molecule has 1 aromatic carbocycles. The summed E-state index contributed by atoms with van der Waals surface area (Å²) in [5, 5.41) is 15.1. The van der Waals surface area contributed by atoms with Crippen LogP contribution in [0.5, 0.6) is 0 Å². The zero-order valence-corrected chi connectivity index (χ0v) is 34.3. The summed E-state index contributed by atoms with van der Waals surface area (Å²) in [6.45, 7) is 19.3. The van der Waals surface area contributed by atoms with Gasteiger partial charge < -0.3 is 20.0 Å². The number of esters is 1. The molecule has 0 saturated heterocycles. The van der Waals surface area contributed by atoms with Crippen molar-refractivity contribution in [2.45, 2.75) is 138 Å². The molecule has 1 aromatic rings. The Labute approximate surface area is 321 Å². The molecule has 4 saturated carbocycles. The number of hydrogen-bond donors (Lipinski definition) is 1. The molecular formula is C42H58NNaO6. The number of aliphatic carboxylic acids is 1. The van der Waals surface area contributed by atoms with Crippen LogP contribution < -0.4 is 40.0 Å². The minimum Gasteiger partial charge on any atom is -0.550 e. The summed E-state index contributed by atoms with van der Waals surface area (Å²) < 4.78 is 6.12. The first-order valence-electron chi connectivity index (χ1n) is 18.8. The quantitative estimate of drug-likeness (QED) is 0.338. The second kappa shape index (κ2) is 13.2. The van der Waals surface area contributed by atoms with Crippen LogP contribution in [0.15, 0.2) is 41.5 Å². The molecule has 5 aliphatic carbocycles. The van der Waals surface area contributed by atoms with E-state index < -0.39 is 22.9 Å². The number of allylic oxidation sites excluding steroid dienone is 1.